The summed E-state index contributed by atoms with van der Waals surface area (Å²) in [5, 5.41) is 4.50. The first-order valence-corrected chi connectivity index (χ1v) is 5.74. The maximum atomic E-state index is 4.63. The van der Waals surface area contributed by atoms with E-state index in [2.05, 4.69) is 49.7 Å². The lowest BCUT2D eigenvalue weighted by molar-refractivity contribution is 0.552. The van der Waals surface area contributed by atoms with Crippen molar-refractivity contribution in [3.05, 3.63) is 11.5 Å². The van der Waals surface area contributed by atoms with Gasteiger partial charge < -0.3 is 4.98 Å². The number of fused-ring (bicyclic) bond motifs is 1. The van der Waals surface area contributed by atoms with Crippen LogP contribution in [0.15, 0.2) is 0 Å². The Labute approximate surface area is 96.1 Å². The number of nitrogens with zero attached hydrogens (tertiary/aromatic N) is 3. The molecule has 2 rings (SSSR count). The first-order valence-electron chi connectivity index (χ1n) is 5.74. The molecule has 2 aromatic rings. The van der Waals surface area contributed by atoms with E-state index < -0.39 is 0 Å². The second kappa shape index (κ2) is 3.34. The van der Waals surface area contributed by atoms with Crippen LogP contribution in [0.5, 0.6) is 0 Å². The molecule has 1 N–H and O–H groups in total. The van der Waals surface area contributed by atoms with Crippen molar-refractivity contribution < 1.29 is 0 Å². The molecule has 0 saturated carbocycles. The Kier molecular flexibility index (Phi) is 2.33. The van der Waals surface area contributed by atoms with Crippen LogP contribution in [0.1, 0.15) is 52.1 Å². The molecule has 2 aromatic heterocycles. The van der Waals surface area contributed by atoms with Crippen LogP contribution in [-0.4, -0.2) is 19.7 Å². The minimum Gasteiger partial charge on any atom is -0.339 e. The van der Waals surface area contributed by atoms with Gasteiger partial charge in [-0.2, -0.15) is 5.10 Å². The van der Waals surface area contributed by atoms with Crippen molar-refractivity contribution in [3.63, 3.8) is 0 Å². The molecule has 2 heterocycles. The summed E-state index contributed by atoms with van der Waals surface area (Å²) in [4.78, 5) is 8.04. The third-order valence-corrected chi connectivity index (χ3v) is 2.76. The van der Waals surface area contributed by atoms with E-state index in [9.17, 15) is 0 Å². The topological polar surface area (TPSA) is 46.5 Å². The Morgan fingerprint density at radius 2 is 1.88 bits per heavy atom. The largest absolute Gasteiger partial charge is 0.339 e. The highest BCUT2D eigenvalue weighted by atomic mass is 15.3. The van der Waals surface area contributed by atoms with Crippen LogP contribution in [0.3, 0.4) is 0 Å². The summed E-state index contributed by atoms with van der Waals surface area (Å²) >= 11 is 0. The summed E-state index contributed by atoms with van der Waals surface area (Å²) in [6.45, 7) is 10.8. The van der Waals surface area contributed by atoms with E-state index >= 15 is 0 Å². The average Bonchev–Trinajstić information content (AvgIpc) is 2.65. The van der Waals surface area contributed by atoms with Crippen LogP contribution in [-0.2, 0) is 12.5 Å². The van der Waals surface area contributed by atoms with Crippen LogP contribution in [0.25, 0.3) is 11.2 Å². The number of imidazole rings is 1. The number of aryl methyl sites for hydroxylation is 1. The summed E-state index contributed by atoms with van der Waals surface area (Å²) in [5.74, 6) is 1.44. The first-order chi connectivity index (χ1) is 7.30. The Bertz CT molecular complexity index is 511. The Hall–Kier alpha value is -1.32. The number of hydrogen-bond acceptors (Lipinski definition) is 2. The van der Waals surface area contributed by atoms with Gasteiger partial charge in [-0.15, -0.1) is 0 Å². The van der Waals surface area contributed by atoms with Gasteiger partial charge in [-0.05, 0) is 5.92 Å². The molecule has 88 valence electrons. The molecular weight excluding hydrogens is 200 g/mol. The SMILES string of the molecule is CC(C)c1nn(C)c2nc(C(C)(C)C)[nH]c12. The molecule has 4 heteroatoms. The van der Waals surface area contributed by atoms with Crippen LogP contribution < -0.4 is 0 Å². The predicted octanol–water partition coefficient (Wildman–Crippen LogP) is 2.72. The zero-order chi connectivity index (χ0) is 12.1. The lowest BCUT2D eigenvalue weighted by atomic mass is 9.96. The maximum absolute atomic E-state index is 4.63. The lowest BCUT2D eigenvalue weighted by Gasteiger charge is -2.14. The molecule has 0 aliphatic rings. The van der Waals surface area contributed by atoms with Gasteiger partial charge in [0.1, 0.15) is 11.3 Å². The second-order valence-electron chi connectivity index (χ2n) is 5.70. The monoisotopic (exact) mass is 220 g/mol. The second-order valence-corrected chi connectivity index (χ2v) is 5.70. The van der Waals surface area contributed by atoms with E-state index in [1.54, 1.807) is 0 Å². The Balaban J connectivity index is 2.66. The molecular formula is C12H20N4. The molecule has 16 heavy (non-hydrogen) atoms. The Morgan fingerprint density at radius 1 is 1.25 bits per heavy atom. The molecule has 0 spiro atoms. The standard InChI is InChI=1S/C12H20N4/c1-7(2)8-9-10(16(6)15-8)14-11(13-9)12(3,4)5/h7H,1-6H3,(H,13,14). The highest BCUT2D eigenvalue weighted by Crippen LogP contribution is 2.26. The smallest absolute Gasteiger partial charge is 0.176 e. The number of hydrogen-bond donors (Lipinski definition) is 1. The summed E-state index contributed by atoms with van der Waals surface area (Å²) < 4.78 is 1.86. The van der Waals surface area contributed by atoms with Crippen LogP contribution >= 0.6 is 0 Å². The molecule has 4 nitrogen and oxygen atoms in total. The van der Waals surface area contributed by atoms with Crippen molar-refractivity contribution in [2.45, 2.75) is 46.0 Å². The van der Waals surface area contributed by atoms with E-state index in [1.165, 1.54) is 0 Å². The molecule has 0 bridgehead atoms. The molecule has 0 aromatic carbocycles. The lowest BCUT2D eigenvalue weighted by Crippen LogP contribution is -2.13. The number of rotatable bonds is 1. The average molecular weight is 220 g/mol. The molecule has 0 amide bonds. The summed E-state index contributed by atoms with van der Waals surface area (Å²) in [6, 6.07) is 0. The number of nitrogens with one attached hydrogen (secondary N) is 1. The van der Waals surface area contributed by atoms with Gasteiger partial charge in [-0.1, -0.05) is 34.6 Å². The number of H-pyrrole nitrogens is 1. The van der Waals surface area contributed by atoms with Gasteiger partial charge in [0.15, 0.2) is 5.65 Å². The van der Waals surface area contributed by atoms with Gasteiger partial charge in [0.05, 0.1) is 5.69 Å². The zero-order valence-electron chi connectivity index (χ0n) is 10.9. The van der Waals surface area contributed by atoms with Gasteiger partial charge in [0.25, 0.3) is 0 Å². The fourth-order valence-electron chi connectivity index (χ4n) is 1.80. The van der Waals surface area contributed by atoms with E-state index in [-0.39, 0.29) is 5.41 Å². The van der Waals surface area contributed by atoms with Crippen molar-refractivity contribution >= 4 is 11.2 Å². The van der Waals surface area contributed by atoms with Crippen LogP contribution in [0.4, 0.5) is 0 Å². The molecule has 0 unspecified atom stereocenters. The molecule has 0 atom stereocenters. The fourth-order valence-corrected chi connectivity index (χ4v) is 1.80. The summed E-state index contributed by atoms with van der Waals surface area (Å²) in [6.07, 6.45) is 0. The van der Waals surface area contributed by atoms with Gasteiger partial charge in [0, 0.05) is 12.5 Å². The minimum absolute atomic E-state index is 0.0489. The van der Waals surface area contributed by atoms with Crippen molar-refractivity contribution in [2.24, 2.45) is 7.05 Å². The van der Waals surface area contributed by atoms with Crippen molar-refractivity contribution in [1.82, 2.24) is 19.7 Å². The molecule has 0 aliphatic heterocycles. The van der Waals surface area contributed by atoms with E-state index in [4.69, 9.17) is 0 Å². The number of aromatic nitrogens is 4. The molecule has 0 saturated heterocycles. The van der Waals surface area contributed by atoms with Crippen LogP contribution in [0, 0.1) is 0 Å². The van der Waals surface area contributed by atoms with Crippen LogP contribution in [0.2, 0.25) is 0 Å². The fraction of sp³-hybridized carbons (Fsp3) is 0.667. The highest BCUT2D eigenvalue weighted by Gasteiger charge is 2.22. The molecule has 0 fully saturated rings. The Morgan fingerprint density at radius 3 is 2.38 bits per heavy atom. The molecule has 0 radical (unpaired) electrons. The van der Waals surface area contributed by atoms with E-state index in [1.807, 2.05) is 11.7 Å². The normalized spacial score (nSPS) is 12.9. The van der Waals surface area contributed by atoms with Gasteiger partial charge in [0.2, 0.25) is 0 Å². The van der Waals surface area contributed by atoms with E-state index in [0.717, 1.165) is 22.7 Å². The van der Waals surface area contributed by atoms with E-state index in [0.29, 0.717) is 5.92 Å². The van der Waals surface area contributed by atoms with Gasteiger partial charge in [-0.25, -0.2) is 9.67 Å². The quantitative estimate of drug-likeness (QED) is 0.803. The minimum atomic E-state index is 0.0489. The highest BCUT2D eigenvalue weighted by molar-refractivity contribution is 5.75. The van der Waals surface area contributed by atoms with Gasteiger partial charge in [-0.3, -0.25) is 0 Å². The predicted molar refractivity (Wildman–Crippen MR) is 65.6 cm³/mol. The van der Waals surface area contributed by atoms with Gasteiger partial charge >= 0.3 is 0 Å². The maximum Gasteiger partial charge on any atom is 0.176 e. The van der Waals surface area contributed by atoms with Crippen molar-refractivity contribution in [2.75, 3.05) is 0 Å². The summed E-state index contributed by atoms with van der Waals surface area (Å²) in [5.41, 5.74) is 3.18. The zero-order valence-corrected chi connectivity index (χ0v) is 10.9. The van der Waals surface area contributed by atoms with Crippen molar-refractivity contribution in [3.8, 4) is 0 Å². The summed E-state index contributed by atoms with van der Waals surface area (Å²) in [7, 11) is 1.95. The third kappa shape index (κ3) is 1.62. The van der Waals surface area contributed by atoms with Crippen molar-refractivity contribution in [1.29, 1.82) is 0 Å². The third-order valence-electron chi connectivity index (χ3n) is 2.76. The first kappa shape index (κ1) is 11.2. The molecule has 0 aliphatic carbocycles. The number of aromatic amines is 1.